The fraction of sp³-hybridized carbons (Fsp3) is 0.143. The van der Waals surface area contributed by atoms with Gasteiger partial charge in [0.05, 0.1) is 33.0 Å². The molecule has 0 aromatic heterocycles. The Hall–Kier alpha value is -3.64. The molecule has 0 aliphatic carbocycles. The highest BCUT2D eigenvalue weighted by atomic mass is 31.2. The lowest BCUT2D eigenvalue weighted by atomic mass is 10.2. The predicted molar refractivity (Wildman–Crippen MR) is 173 cm³/mol. The van der Waals surface area contributed by atoms with E-state index in [1.807, 2.05) is 152 Å². The van der Waals surface area contributed by atoms with Crippen molar-refractivity contribution >= 4 is 15.5 Å². The molecule has 0 radical (unpaired) electrons. The molecule has 0 spiro atoms. The van der Waals surface area contributed by atoms with Crippen LogP contribution in [0.1, 0.15) is 27.8 Å². The highest BCUT2D eigenvalue weighted by molar-refractivity contribution is 7.63. The third-order valence-corrected chi connectivity index (χ3v) is 10.4. The number of hydrogen-bond donors (Lipinski definition) is 0. The highest BCUT2D eigenvalue weighted by Crippen LogP contribution is 2.66. The molecule has 0 heterocycles. The lowest BCUT2D eigenvalue weighted by Crippen LogP contribution is -2.04. The van der Waals surface area contributed by atoms with Gasteiger partial charge in [0.1, 0.15) is 0 Å². The molecule has 0 aliphatic heterocycles. The lowest BCUT2D eigenvalue weighted by Gasteiger charge is -2.26. The maximum absolute atomic E-state index is 14.6. The smallest absolute Gasteiger partial charge is 0.298 e. The maximum Gasteiger partial charge on any atom is 0.459 e. The van der Waals surface area contributed by atoms with Gasteiger partial charge >= 0.3 is 15.5 Å². The zero-order valence-electron chi connectivity index (χ0n) is 24.3. The van der Waals surface area contributed by atoms with Gasteiger partial charge in [0.25, 0.3) is 0 Å². The van der Waals surface area contributed by atoms with Crippen LogP contribution in [0.3, 0.4) is 0 Å². The van der Waals surface area contributed by atoms with Crippen LogP contribution in [0, 0.1) is 0 Å². The van der Waals surface area contributed by atoms with Crippen molar-refractivity contribution in [3.8, 4) is 0 Å². The number of benzene rings is 5. The van der Waals surface area contributed by atoms with Crippen molar-refractivity contribution in [3.05, 3.63) is 179 Å². The molecule has 0 atom stereocenters. The molecule has 5 aromatic rings. The average molecular weight is 628 g/mol. The molecular formula is C35H35NO6P2. The van der Waals surface area contributed by atoms with Crippen molar-refractivity contribution in [3.63, 3.8) is 0 Å². The van der Waals surface area contributed by atoms with E-state index >= 15 is 0 Å². The molecule has 0 amide bonds. The van der Waals surface area contributed by atoms with E-state index < -0.39 is 15.5 Å². The first kappa shape index (κ1) is 31.8. The van der Waals surface area contributed by atoms with Crippen LogP contribution in [0.15, 0.2) is 156 Å². The standard InChI is InChI=1S/C35H35NO6P2/c37-43(38-26-31-16-6-1-7-17-31,39-27-32-18-8-2-9-19-32)36-44(40-28-33-20-10-3-11-21-33,41-29-34-22-12-4-13-23-34)42-30-35-24-14-5-15-25-35/h1-25H,26-30H2. The Morgan fingerprint density at radius 2 is 0.591 bits per heavy atom. The summed E-state index contributed by atoms with van der Waals surface area (Å²) in [7, 11) is -7.98. The van der Waals surface area contributed by atoms with Gasteiger partial charge in [0, 0.05) is 0 Å². The van der Waals surface area contributed by atoms with E-state index in [-0.39, 0.29) is 33.0 Å². The summed E-state index contributed by atoms with van der Waals surface area (Å²) >= 11 is 0. The molecular weight excluding hydrogens is 592 g/mol. The summed E-state index contributed by atoms with van der Waals surface area (Å²) in [4.78, 5) is 0. The van der Waals surface area contributed by atoms with Crippen molar-refractivity contribution in [2.24, 2.45) is 4.52 Å². The molecule has 0 bridgehead atoms. The monoisotopic (exact) mass is 627 g/mol. The predicted octanol–water partition coefficient (Wildman–Crippen LogP) is 10.1. The van der Waals surface area contributed by atoms with Gasteiger partial charge in [0.2, 0.25) is 0 Å². The molecule has 9 heteroatoms. The van der Waals surface area contributed by atoms with E-state index in [1.165, 1.54) is 0 Å². The Kier molecular flexibility index (Phi) is 11.9. The van der Waals surface area contributed by atoms with Crippen LogP contribution in [-0.4, -0.2) is 0 Å². The van der Waals surface area contributed by atoms with Gasteiger partial charge in [0.15, 0.2) is 0 Å². The van der Waals surface area contributed by atoms with Crippen molar-refractivity contribution in [1.29, 1.82) is 0 Å². The minimum absolute atomic E-state index is 0.00641. The first-order chi connectivity index (χ1) is 21.6. The summed E-state index contributed by atoms with van der Waals surface area (Å²) < 4.78 is 50.5. The molecule has 0 saturated heterocycles. The van der Waals surface area contributed by atoms with E-state index in [2.05, 4.69) is 4.52 Å². The molecule has 5 aromatic carbocycles. The minimum atomic E-state index is -4.24. The molecule has 226 valence electrons. The Morgan fingerprint density at radius 3 is 0.841 bits per heavy atom. The van der Waals surface area contributed by atoms with Crippen LogP contribution in [0.2, 0.25) is 0 Å². The Labute approximate surface area is 259 Å². The number of rotatable bonds is 16. The van der Waals surface area contributed by atoms with Crippen LogP contribution >= 0.6 is 15.5 Å². The summed E-state index contributed by atoms with van der Waals surface area (Å²) in [5.41, 5.74) is 4.27. The molecule has 0 N–H and O–H groups in total. The second kappa shape index (κ2) is 16.4. The quantitative estimate of drug-likeness (QED) is 0.101. The summed E-state index contributed by atoms with van der Waals surface area (Å²) in [5, 5.41) is 0. The lowest BCUT2D eigenvalue weighted by molar-refractivity contribution is 0.129. The molecule has 5 rings (SSSR count). The SMILES string of the molecule is O=P(N=P(OCc1ccccc1)(OCc1ccccc1)OCc1ccccc1)(OCc1ccccc1)OCc1ccccc1. The number of nitrogens with zero attached hydrogens (tertiary/aromatic N) is 1. The maximum atomic E-state index is 14.6. The van der Waals surface area contributed by atoms with Gasteiger partial charge in [-0.05, 0) is 27.8 Å². The average Bonchev–Trinajstić information content (AvgIpc) is 3.09. The second-order valence-corrected chi connectivity index (χ2v) is 13.7. The molecule has 0 fully saturated rings. The summed E-state index contributed by atoms with van der Waals surface area (Å²) in [5.74, 6) is 0. The van der Waals surface area contributed by atoms with E-state index in [1.54, 1.807) is 0 Å². The van der Waals surface area contributed by atoms with Gasteiger partial charge in [-0.15, -0.1) is 4.52 Å². The molecule has 7 nitrogen and oxygen atoms in total. The van der Waals surface area contributed by atoms with Gasteiger partial charge in [-0.3, -0.25) is 22.6 Å². The van der Waals surface area contributed by atoms with Crippen molar-refractivity contribution in [2.75, 3.05) is 0 Å². The van der Waals surface area contributed by atoms with Crippen molar-refractivity contribution < 1.29 is 27.2 Å². The third-order valence-electron chi connectivity index (χ3n) is 6.41. The topological polar surface area (TPSA) is 75.6 Å². The van der Waals surface area contributed by atoms with E-state index in [0.717, 1.165) is 27.8 Å². The zero-order valence-corrected chi connectivity index (χ0v) is 26.0. The van der Waals surface area contributed by atoms with E-state index in [0.29, 0.717) is 0 Å². The normalized spacial score (nSPS) is 11.7. The Balaban J connectivity index is 1.53. The second-order valence-electron chi connectivity index (χ2n) is 9.82. The van der Waals surface area contributed by atoms with Crippen molar-refractivity contribution in [1.82, 2.24) is 0 Å². The first-order valence-corrected chi connectivity index (χ1v) is 17.3. The largest absolute Gasteiger partial charge is 0.459 e. The summed E-state index contributed by atoms with van der Waals surface area (Å²) in [6, 6.07) is 47.8. The van der Waals surface area contributed by atoms with E-state index in [4.69, 9.17) is 22.6 Å². The third kappa shape index (κ3) is 10.2. The van der Waals surface area contributed by atoms with Crippen LogP contribution in [0.25, 0.3) is 0 Å². The molecule has 0 saturated carbocycles. The molecule has 44 heavy (non-hydrogen) atoms. The van der Waals surface area contributed by atoms with Crippen molar-refractivity contribution in [2.45, 2.75) is 33.0 Å². The summed E-state index contributed by atoms with van der Waals surface area (Å²) in [6.45, 7) is 0.343. The Morgan fingerprint density at radius 1 is 0.364 bits per heavy atom. The van der Waals surface area contributed by atoms with Crippen LogP contribution in [0.4, 0.5) is 0 Å². The highest BCUT2D eigenvalue weighted by Gasteiger charge is 2.35. The van der Waals surface area contributed by atoms with E-state index in [9.17, 15) is 4.57 Å². The fourth-order valence-electron chi connectivity index (χ4n) is 4.06. The Bertz CT molecular complexity index is 1480. The van der Waals surface area contributed by atoms with Crippen LogP contribution in [0.5, 0.6) is 0 Å². The van der Waals surface area contributed by atoms with Gasteiger partial charge in [-0.2, -0.15) is 0 Å². The zero-order chi connectivity index (χ0) is 30.3. The van der Waals surface area contributed by atoms with Gasteiger partial charge in [-0.25, -0.2) is 4.57 Å². The summed E-state index contributed by atoms with van der Waals surface area (Å²) in [6.07, 6.45) is 0. The first-order valence-electron chi connectivity index (χ1n) is 14.3. The molecule has 0 unspecified atom stereocenters. The van der Waals surface area contributed by atoms with Gasteiger partial charge in [-0.1, -0.05) is 152 Å². The van der Waals surface area contributed by atoms with Gasteiger partial charge < -0.3 is 0 Å². The molecule has 0 aliphatic rings. The van der Waals surface area contributed by atoms with Crippen LogP contribution < -0.4 is 0 Å². The fourth-order valence-corrected chi connectivity index (χ4v) is 8.03. The van der Waals surface area contributed by atoms with Crippen LogP contribution in [-0.2, 0) is 60.2 Å². The minimum Gasteiger partial charge on any atom is -0.298 e. The number of hydrogen-bond acceptors (Lipinski definition) is 6.